The van der Waals surface area contributed by atoms with Gasteiger partial charge in [0.05, 0.1) is 0 Å². The van der Waals surface area contributed by atoms with E-state index >= 15 is 0 Å². The van der Waals surface area contributed by atoms with Gasteiger partial charge in [0.1, 0.15) is 0 Å². The average molecular weight is 391 g/mol. The van der Waals surface area contributed by atoms with E-state index in [1.807, 2.05) is 0 Å². The maximum atomic E-state index is 10.4. The molecule has 0 bridgehead atoms. The molecule has 162 valence electrons. The molecule has 0 aromatic carbocycles. The highest BCUT2D eigenvalue weighted by Crippen LogP contribution is 2.10. The first-order chi connectivity index (χ1) is 13.8. The highest BCUT2D eigenvalue weighted by Gasteiger charge is 1.95. The number of hydrogen-bond donors (Lipinski definition) is 1. The van der Waals surface area contributed by atoms with E-state index < -0.39 is 5.97 Å². The van der Waals surface area contributed by atoms with Crippen LogP contribution in [-0.2, 0) is 4.79 Å². The van der Waals surface area contributed by atoms with Crippen LogP contribution in [0.1, 0.15) is 122 Å². The van der Waals surface area contributed by atoms with Crippen LogP contribution in [0.15, 0.2) is 36.5 Å². The van der Waals surface area contributed by atoms with E-state index in [1.165, 1.54) is 70.6 Å². The summed E-state index contributed by atoms with van der Waals surface area (Å²) in [5.41, 5.74) is 0. The second-order valence-electron chi connectivity index (χ2n) is 7.85. The molecule has 0 heterocycles. The van der Waals surface area contributed by atoms with Crippen molar-refractivity contribution in [3.63, 3.8) is 0 Å². The first-order valence-corrected chi connectivity index (χ1v) is 11.9. The number of hydrogen-bond acceptors (Lipinski definition) is 1. The maximum Gasteiger partial charge on any atom is 0.303 e. The molecular formula is C26H46O2. The molecule has 0 atom stereocenters. The van der Waals surface area contributed by atoms with Crippen LogP contribution in [-0.4, -0.2) is 11.1 Å². The minimum absolute atomic E-state index is 0.320. The summed E-state index contributed by atoms with van der Waals surface area (Å²) < 4.78 is 0. The van der Waals surface area contributed by atoms with E-state index in [2.05, 4.69) is 43.4 Å². The van der Waals surface area contributed by atoms with Crippen LogP contribution >= 0.6 is 0 Å². The van der Waals surface area contributed by atoms with E-state index in [1.54, 1.807) is 0 Å². The molecular weight excluding hydrogens is 344 g/mol. The van der Waals surface area contributed by atoms with Gasteiger partial charge in [-0.2, -0.15) is 0 Å². The van der Waals surface area contributed by atoms with Gasteiger partial charge in [0.25, 0.3) is 0 Å². The summed E-state index contributed by atoms with van der Waals surface area (Å²) in [4.78, 5) is 10.4. The third-order valence-electron chi connectivity index (χ3n) is 5.03. The molecule has 0 aliphatic carbocycles. The molecule has 0 aliphatic rings. The third kappa shape index (κ3) is 24.7. The lowest BCUT2D eigenvalue weighted by atomic mass is 10.1. The average Bonchev–Trinajstić information content (AvgIpc) is 2.68. The fourth-order valence-corrected chi connectivity index (χ4v) is 3.24. The summed E-state index contributed by atoms with van der Waals surface area (Å²) in [6.07, 6.45) is 35.1. The molecule has 0 fully saturated rings. The topological polar surface area (TPSA) is 37.3 Å². The summed E-state index contributed by atoms with van der Waals surface area (Å²) >= 11 is 0. The highest BCUT2D eigenvalue weighted by molar-refractivity contribution is 5.66. The number of carboxylic acids is 1. The van der Waals surface area contributed by atoms with Crippen molar-refractivity contribution in [3.05, 3.63) is 36.5 Å². The Balaban J connectivity index is 3.26. The van der Waals surface area contributed by atoms with Crippen molar-refractivity contribution in [2.24, 2.45) is 0 Å². The third-order valence-corrected chi connectivity index (χ3v) is 5.03. The van der Waals surface area contributed by atoms with Crippen LogP contribution in [0.4, 0.5) is 0 Å². The fraction of sp³-hybridized carbons (Fsp3) is 0.731. The zero-order valence-electron chi connectivity index (χ0n) is 18.5. The van der Waals surface area contributed by atoms with Gasteiger partial charge in [-0.25, -0.2) is 0 Å². The SMILES string of the molecule is CCCCCCCCCCC=CCC=CCC=CCCCCCCCC(=O)O. The van der Waals surface area contributed by atoms with Crippen LogP contribution in [0.3, 0.4) is 0 Å². The van der Waals surface area contributed by atoms with Crippen molar-refractivity contribution in [3.8, 4) is 0 Å². The van der Waals surface area contributed by atoms with E-state index in [-0.39, 0.29) is 0 Å². The molecule has 0 radical (unpaired) electrons. The molecule has 0 amide bonds. The second-order valence-corrected chi connectivity index (χ2v) is 7.85. The van der Waals surface area contributed by atoms with Crippen LogP contribution in [0, 0.1) is 0 Å². The molecule has 0 saturated heterocycles. The van der Waals surface area contributed by atoms with E-state index in [0.29, 0.717) is 6.42 Å². The number of carboxylic acid groups (broad SMARTS) is 1. The Kier molecular flexibility index (Phi) is 22.6. The quantitative estimate of drug-likeness (QED) is 0.157. The Morgan fingerprint density at radius 3 is 1.43 bits per heavy atom. The molecule has 0 aliphatic heterocycles. The molecule has 28 heavy (non-hydrogen) atoms. The molecule has 0 rings (SSSR count). The predicted octanol–water partition coefficient (Wildman–Crippen LogP) is 8.78. The molecule has 0 unspecified atom stereocenters. The van der Waals surface area contributed by atoms with E-state index in [9.17, 15) is 4.79 Å². The standard InChI is InChI=1S/C26H46O2/c1-2-3-4-5-6-7-8-9-10-11-12-13-14-15-16-17-18-19-20-21-22-23-24-25-26(27)28/h11-12,14-15,17-18H,2-10,13,16,19-25H2,1H3,(H,27,28). The number of allylic oxidation sites excluding steroid dienone is 6. The largest absolute Gasteiger partial charge is 0.481 e. The van der Waals surface area contributed by atoms with Gasteiger partial charge in [-0.1, -0.05) is 108 Å². The summed E-state index contributed by atoms with van der Waals surface area (Å²) in [6.45, 7) is 2.28. The molecule has 1 N–H and O–H groups in total. The normalized spacial score (nSPS) is 12.0. The first kappa shape index (κ1) is 26.7. The van der Waals surface area contributed by atoms with Crippen LogP contribution in [0.5, 0.6) is 0 Å². The van der Waals surface area contributed by atoms with Gasteiger partial charge in [-0.15, -0.1) is 0 Å². The lowest BCUT2D eigenvalue weighted by molar-refractivity contribution is -0.137. The summed E-state index contributed by atoms with van der Waals surface area (Å²) in [7, 11) is 0. The van der Waals surface area contributed by atoms with Crippen molar-refractivity contribution in [1.29, 1.82) is 0 Å². The van der Waals surface area contributed by atoms with Crippen LogP contribution < -0.4 is 0 Å². The van der Waals surface area contributed by atoms with Crippen molar-refractivity contribution >= 4 is 5.97 Å². The monoisotopic (exact) mass is 390 g/mol. The smallest absolute Gasteiger partial charge is 0.303 e. The first-order valence-electron chi connectivity index (χ1n) is 11.9. The van der Waals surface area contributed by atoms with Crippen molar-refractivity contribution in [2.45, 2.75) is 122 Å². The number of rotatable bonds is 21. The summed E-state index contributed by atoms with van der Waals surface area (Å²) in [5, 5.41) is 8.57. The fourth-order valence-electron chi connectivity index (χ4n) is 3.24. The minimum atomic E-state index is -0.671. The van der Waals surface area contributed by atoms with Crippen molar-refractivity contribution < 1.29 is 9.90 Å². The molecule has 2 heteroatoms. The molecule has 2 nitrogen and oxygen atoms in total. The zero-order chi connectivity index (χ0) is 20.5. The van der Waals surface area contributed by atoms with Crippen LogP contribution in [0.2, 0.25) is 0 Å². The lowest BCUT2D eigenvalue weighted by Gasteiger charge is -1.99. The van der Waals surface area contributed by atoms with Gasteiger partial charge in [0.2, 0.25) is 0 Å². The molecule has 0 spiro atoms. The molecule has 0 aromatic rings. The number of carbonyl (C=O) groups is 1. The summed E-state index contributed by atoms with van der Waals surface area (Å²) in [5.74, 6) is -0.671. The van der Waals surface area contributed by atoms with Crippen molar-refractivity contribution in [1.82, 2.24) is 0 Å². The Morgan fingerprint density at radius 1 is 0.571 bits per heavy atom. The Bertz CT molecular complexity index is 407. The zero-order valence-corrected chi connectivity index (χ0v) is 18.5. The maximum absolute atomic E-state index is 10.4. The molecule has 0 aromatic heterocycles. The lowest BCUT2D eigenvalue weighted by Crippen LogP contribution is -1.93. The van der Waals surface area contributed by atoms with Gasteiger partial charge in [-0.3, -0.25) is 4.79 Å². The van der Waals surface area contributed by atoms with Gasteiger partial charge in [0, 0.05) is 6.42 Å². The Hall–Kier alpha value is -1.31. The van der Waals surface area contributed by atoms with E-state index in [4.69, 9.17) is 5.11 Å². The number of aliphatic carboxylic acids is 1. The van der Waals surface area contributed by atoms with E-state index in [0.717, 1.165) is 38.5 Å². The van der Waals surface area contributed by atoms with Gasteiger partial charge < -0.3 is 5.11 Å². The number of unbranched alkanes of at least 4 members (excludes halogenated alkanes) is 13. The Labute approximate surface area is 175 Å². The highest BCUT2D eigenvalue weighted by atomic mass is 16.4. The van der Waals surface area contributed by atoms with Crippen LogP contribution in [0.25, 0.3) is 0 Å². The van der Waals surface area contributed by atoms with Crippen molar-refractivity contribution in [2.75, 3.05) is 0 Å². The second kappa shape index (κ2) is 23.7. The van der Waals surface area contributed by atoms with Gasteiger partial charge in [0.15, 0.2) is 0 Å². The van der Waals surface area contributed by atoms with Gasteiger partial charge >= 0.3 is 5.97 Å². The predicted molar refractivity (Wildman–Crippen MR) is 124 cm³/mol. The molecule has 0 saturated carbocycles. The minimum Gasteiger partial charge on any atom is -0.481 e. The summed E-state index contributed by atoms with van der Waals surface area (Å²) in [6, 6.07) is 0. The Morgan fingerprint density at radius 2 is 0.964 bits per heavy atom. The van der Waals surface area contributed by atoms with Gasteiger partial charge in [-0.05, 0) is 44.9 Å².